The summed E-state index contributed by atoms with van der Waals surface area (Å²) in [6.07, 6.45) is 9.47. The minimum atomic E-state index is -0.877. The van der Waals surface area contributed by atoms with Crippen LogP contribution in [0.3, 0.4) is 0 Å². The molecule has 1 amide bonds. The lowest BCUT2D eigenvalue weighted by Crippen LogP contribution is -2.52. The van der Waals surface area contributed by atoms with Gasteiger partial charge in [0, 0.05) is 54.8 Å². The van der Waals surface area contributed by atoms with Crippen molar-refractivity contribution in [1.82, 2.24) is 20.2 Å². The van der Waals surface area contributed by atoms with Gasteiger partial charge < -0.3 is 25.0 Å². The fraction of sp³-hybridized carbons (Fsp3) is 0.395. The molecular weight excluding hydrogens is 576 g/mol. The molecule has 1 fully saturated rings. The summed E-state index contributed by atoms with van der Waals surface area (Å²) in [6, 6.07) is 20.8. The van der Waals surface area contributed by atoms with Crippen LogP contribution in [0.5, 0.6) is 5.75 Å². The summed E-state index contributed by atoms with van der Waals surface area (Å²) in [4.78, 5) is 31.3. The van der Waals surface area contributed by atoms with Crippen molar-refractivity contribution in [2.75, 3.05) is 6.54 Å². The first-order chi connectivity index (χ1) is 22.2. The van der Waals surface area contributed by atoms with E-state index in [0.29, 0.717) is 29.7 Å². The van der Waals surface area contributed by atoms with Gasteiger partial charge in [0.2, 0.25) is 0 Å². The maximum absolute atomic E-state index is 13.9. The number of amides is 1. The Morgan fingerprint density at radius 1 is 1.07 bits per heavy atom. The first-order valence-corrected chi connectivity index (χ1v) is 16.5. The molecule has 2 aromatic carbocycles. The Morgan fingerprint density at radius 3 is 2.50 bits per heavy atom. The molecule has 3 atom stereocenters. The van der Waals surface area contributed by atoms with Crippen LogP contribution in [0, 0.1) is 0 Å². The van der Waals surface area contributed by atoms with E-state index in [0.717, 1.165) is 49.0 Å². The van der Waals surface area contributed by atoms with Gasteiger partial charge in [-0.2, -0.15) is 0 Å². The number of pyridine rings is 2. The molecule has 2 aliphatic rings. The molecule has 0 radical (unpaired) electrons. The fourth-order valence-corrected chi connectivity index (χ4v) is 6.66. The highest BCUT2D eigenvalue weighted by Gasteiger charge is 2.45. The molecule has 3 heterocycles. The van der Waals surface area contributed by atoms with Crippen molar-refractivity contribution in [3.8, 4) is 16.9 Å². The number of hydrogen-bond donors (Lipinski definition) is 3. The lowest BCUT2D eigenvalue weighted by Gasteiger charge is -2.48. The van der Waals surface area contributed by atoms with Gasteiger partial charge in [0.1, 0.15) is 11.4 Å². The first kappa shape index (κ1) is 31.7. The summed E-state index contributed by atoms with van der Waals surface area (Å²) in [5.74, 6) is 0.580. The molecule has 3 N–H and O–H groups in total. The highest BCUT2D eigenvalue weighted by molar-refractivity contribution is 5.95. The number of benzene rings is 2. The zero-order chi connectivity index (χ0) is 32.3. The van der Waals surface area contributed by atoms with Gasteiger partial charge in [0.15, 0.2) is 0 Å². The summed E-state index contributed by atoms with van der Waals surface area (Å²) in [5, 5.41) is 18.5. The van der Waals surface area contributed by atoms with E-state index < -0.39 is 12.1 Å². The highest BCUT2D eigenvalue weighted by Crippen LogP contribution is 2.49. The Morgan fingerprint density at radius 2 is 1.83 bits per heavy atom. The zero-order valence-electron chi connectivity index (χ0n) is 26.9. The maximum Gasteiger partial charge on any atom is 0.258 e. The number of carbonyl (C=O) groups is 1. The second-order valence-corrected chi connectivity index (χ2v) is 13.1. The highest BCUT2D eigenvalue weighted by atomic mass is 16.5. The predicted molar refractivity (Wildman–Crippen MR) is 180 cm³/mol. The van der Waals surface area contributed by atoms with E-state index in [1.54, 1.807) is 41.4 Å². The van der Waals surface area contributed by atoms with Gasteiger partial charge in [-0.05, 0) is 86.9 Å². The molecule has 2 aromatic heterocycles. The van der Waals surface area contributed by atoms with E-state index in [1.165, 1.54) is 5.56 Å². The van der Waals surface area contributed by atoms with Crippen LogP contribution in [-0.2, 0) is 12.8 Å². The van der Waals surface area contributed by atoms with E-state index in [-0.39, 0.29) is 29.2 Å². The third-order valence-corrected chi connectivity index (χ3v) is 9.53. The third kappa shape index (κ3) is 6.78. The summed E-state index contributed by atoms with van der Waals surface area (Å²) >= 11 is 0. The largest absolute Gasteiger partial charge is 0.487 e. The molecule has 1 unspecified atom stereocenters. The van der Waals surface area contributed by atoms with Gasteiger partial charge in [0.05, 0.1) is 17.7 Å². The molecular formula is C38H44N4O4. The molecule has 1 spiro atoms. The van der Waals surface area contributed by atoms with Crippen molar-refractivity contribution in [2.24, 2.45) is 0 Å². The number of aliphatic hydroxyl groups excluding tert-OH is 1. The van der Waals surface area contributed by atoms with E-state index in [9.17, 15) is 14.7 Å². The van der Waals surface area contributed by atoms with Gasteiger partial charge >= 0.3 is 0 Å². The molecule has 1 saturated carbocycles. The Kier molecular flexibility index (Phi) is 9.38. The number of carbonyl (C=O) groups excluding carboxylic acids is 1. The third-order valence-electron chi connectivity index (χ3n) is 9.53. The number of aryl methyl sites for hydroxylation is 1. The Balaban J connectivity index is 1.25. The summed E-state index contributed by atoms with van der Waals surface area (Å²) in [5.41, 5.74) is 4.56. The fourth-order valence-electron chi connectivity index (χ4n) is 6.66. The standard InChI is InChI=1S/C38H44N4O4/c1-4-26-11-12-35-31(19-26)33(22-38(46-35)15-8-16-38)40-23-34(43)32(20-27-9-6-5-7-10-27)41-36(44)29-21-30(28-13-17-39-18-14-28)37(45)42(24-29)25(2)3/h5-7,9-14,17-19,21,24-25,32-34,40,43H,4,8,15-16,20,22-23H2,1-3H3,(H,41,44)/t32-,33?,34+/m0/s1. The molecule has 0 bridgehead atoms. The van der Waals surface area contributed by atoms with Crippen LogP contribution in [0.25, 0.3) is 11.1 Å². The topological polar surface area (TPSA) is 105 Å². The second kappa shape index (κ2) is 13.6. The number of aromatic nitrogens is 2. The molecule has 0 saturated heterocycles. The van der Waals surface area contributed by atoms with Crippen LogP contribution >= 0.6 is 0 Å². The number of ether oxygens (including phenoxy) is 1. The summed E-state index contributed by atoms with van der Waals surface area (Å²) in [6.45, 7) is 6.27. The Labute approximate surface area is 270 Å². The van der Waals surface area contributed by atoms with E-state index >= 15 is 0 Å². The number of hydrogen-bond acceptors (Lipinski definition) is 6. The van der Waals surface area contributed by atoms with Gasteiger partial charge in [-0.25, -0.2) is 0 Å². The number of nitrogens with one attached hydrogen (secondary N) is 2. The average Bonchev–Trinajstić information content (AvgIpc) is 3.06. The van der Waals surface area contributed by atoms with Crippen LogP contribution in [-0.4, -0.2) is 44.9 Å². The molecule has 6 rings (SSSR count). The van der Waals surface area contributed by atoms with Crippen LogP contribution in [0.15, 0.2) is 90.1 Å². The Hall–Kier alpha value is -4.27. The molecule has 1 aliphatic heterocycles. The van der Waals surface area contributed by atoms with Gasteiger partial charge in [0.25, 0.3) is 11.5 Å². The smallest absolute Gasteiger partial charge is 0.258 e. The first-order valence-electron chi connectivity index (χ1n) is 16.5. The van der Waals surface area contributed by atoms with Crippen molar-refractivity contribution in [3.05, 3.63) is 118 Å². The second-order valence-electron chi connectivity index (χ2n) is 13.1. The average molecular weight is 621 g/mol. The van der Waals surface area contributed by atoms with Crippen molar-refractivity contribution < 1.29 is 14.6 Å². The minimum Gasteiger partial charge on any atom is -0.487 e. The molecule has 4 aromatic rings. The van der Waals surface area contributed by atoms with Crippen molar-refractivity contribution in [1.29, 1.82) is 0 Å². The number of nitrogens with zero attached hydrogens (tertiary/aromatic N) is 2. The van der Waals surface area contributed by atoms with Crippen LogP contribution in [0.2, 0.25) is 0 Å². The quantitative estimate of drug-likeness (QED) is 0.196. The lowest BCUT2D eigenvalue weighted by atomic mass is 9.72. The molecule has 8 heteroatoms. The van der Waals surface area contributed by atoms with E-state index in [4.69, 9.17) is 4.74 Å². The molecule has 1 aliphatic carbocycles. The van der Waals surface area contributed by atoms with Crippen molar-refractivity contribution in [3.63, 3.8) is 0 Å². The molecule has 46 heavy (non-hydrogen) atoms. The monoisotopic (exact) mass is 620 g/mol. The SMILES string of the molecule is CCc1ccc2c(c1)C(NC[C@@H](O)[C@H](Cc1ccccc1)NC(=O)c1cc(-c3ccncc3)c(=O)n(C(C)C)c1)CC1(CCC1)O2. The maximum atomic E-state index is 13.9. The van der Waals surface area contributed by atoms with Crippen molar-refractivity contribution >= 4 is 5.91 Å². The normalized spacial score (nSPS) is 17.9. The van der Waals surface area contributed by atoms with Crippen LogP contribution < -0.4 is 20.9 Å². The Bertz CT molecular complexity index is 1720. The summed E-state index contributed by atoms with van der Waals surface area (Å²) < 4.78 is 8.09. The van der Waals surface area contributed by atoms with Gasteiger partial charge in [-0.15, -0.1) is 0 Å². The zero-order valence-corrected chi connectivity index (χ0v) is 26.9. The number of rotatable bonds is 11. The van der Waals surface area contributed by atoms with Gasteiger partial charge in [-0.3, -0.25) is 14.6 Å². The number of fused-ring (bicyclic) bond motifs is 1. The van der Waals surface area contributed by atoms with E-state index in [2.05, 4.69) is 40.7 Å². The molecule has 8 nitrogen and oxygen atoms in total. The minimum absolute atomic E-state index is 0.0378. The van der Waals surface area contributed by atoms with E-state index in [1.807, 2.05) is 44.2 Å². The predicted octanol–water partition coefficient (Wildman–Crippen LogP) is 5.79. The molecule has 240 valence electrons. The van der Waals surface area contributed by atoms with Crippen LogP contribution in [0.1, 0.15) is 85.6 Å². The summed E-state index contributed by atoms with van der Waals surface area (Å²) in [7, 11) is 0. The number of aliphatic hydroxyl groups is 1. The van der Waals surface area contributed by atoms with Crippen molar-refractivity contribution in [2.45, 2.75) is 89.1 Å². The lowest BCUT2D eigenvalue weighted by molar-refractivity contribution is -0.0382. The van der Waals surface area contributed by atoms with Crippen LogP contribution in [0.4, 0.5) is 0 Å². The van der Waals surface area contributed by atoms with Gasteiger partial charge in [-0.1, -0.05) is 49.4 Å².